The summed E-state index contributed by atoms with van der Waals surface area (Å²) >= 11 is 15.5. The zero-order valence-corrected chi connectivity index (χ0v) is 13.6. The first kappa shape index (κ1) is 15.6. The molecular formula is C14H11BrCl2FNO. The Kier molecular flexibility index (Phi) is 4.91. The number of hydrogen-bond acceptors (Lipinski definition) is 2. The highest BCUT2D eigenvalue weighted by Crippen LogP contribution is 2.37. The van der Waals surface area contributed by atoms with E-state index in [1.165, 1.54) is 13.2 Å². The molecule has 0 fully saturated rings. The lowest BCUT2D eigenvalue weighted by atomic mass is 9.99. The Bertz CT molecular complexity index is 651. The summed E-state index contributed by atoms with van der Waals surface area (Å²) in [4.78, 5) is 0. The summed E-state index contributed by atoms with van der Waals surface area (Å²) in [5, 5.41) is 0.810. The van der Waals surface area contributed by atoms with Gasteiger partial charge < -0.3 is 10.5 Å². The lowest BCUT2D eigenvalue weighted by molar-refractivity contribution is 0.415. The lowest BCUT2D eigenvalue weighted by Gasteiger charge is -2.17. The van der Waals surface area contributed by atoms with Crippen LogP contribution in [-0.2, 0) is 0 Å². The maximum Gasteiger partial charge on any atom is 0.138 e. The number of ether oxygens (including phenoxy) is 1. The second kappa shape index (κ2) is 6.31. The second-order valence-corrected chi connectivity index (χ2v) is 5.74. The molecule has 0 heterocycles. The van der Waals surface area contributed by atoms with Crippen LogP contribution >= 0.6 is 39.1 Å². The maximum atomic E-state index is 13.6. The highest BCUT2D eigenvalue weighted by atomic mass is 79.9. The van der Waals surface area contributed by atoms with E-state index in [-0.39, 0.29) is 5.82 Å². The van der Waals surface area contributed by atoms with Crippen molar-refractivity contribution in [1.82, 2.24) is 0 Å². The van der Waals surface area contributed by atoms with E-state index in [2.05, 4.69) is 15.9 Å². The summed E-state index contributed by atoms with van der Waals surface area (Å²) in [6.07, 6.45) is 0. The third kappa shape index (κ3) is 2.93. The fourth-order valence-corrected chi connectivity index (χ4v) is 2.90. The van der Waals surface area contributed by atoms with Gasteiger partial charge in [0.25, 0.3) is 0 Å². The van der Waals surface area contributed by atoms with Gasteiger partial charge in [-0.25, -0.2) is 4.39 Å². The van der Waals surface area contributed by atoms with Crippen LogP contribution in [0.5, 0.6) is 5.75 Å². The molecule has 2 nitrogen and oxygen atoms in total. The topological polar surface area (TPSA) is 35.2 Å². The fourth-order valence-electron chi connectivity index (χ4n) is 1.87. The van der Waals surface area contributed by atoms with E-state index in [9.17, 15) is 4.39 Å². The number of methoxy groups -OCH3 is 1. The molecule has 0 bridgehead atoms. The van der Waals surface area contributed by atoms with Gasteiger partial charge in [-0.3, -0.25) is 0 Å². The zero-order chi connectivity index (χ0) is 14.9. The van der Waals surface area contributed by atoms with Crippen molar-refractivity contribution in [2.45, 2.75) is 6.04 Å². The minimum absolute atomic E-state index is 0.315. The van der Waals surface area contributed by atoms with E-state index in [4.69, 9.17) is 33.7 Å². The van der Waals surface area contributed by atoms with Crippen LogP contribution in [0.15, 0.2) is 34.8 Å². The SMILES string of the molecule is COc1cc(Cl)c(C(N)c2cccc(F)c2Br)cc1Cl. The van der Waals surface area contributed by atoms with Crippen LogP contribution in [0.4, 0.5) is 4.39 Å². The van der Waals surface area contributed by atoms with Crippen molar-refractivity contribution in [3.63, 3.8) is 0 Å². The molecule has 0 saturated heterocycles. The Morgan fingerprint density at radius 3 is 2.55 bits per heavy atom. The molecule has 0 radical (unpaired) electrons. The van der Waals surface area contributed by atoms with Gasteiger partial charge in [-0.1, -0.05) is 35.3 Å². The molecule has 20 heavy (non-hydrogen) atoms. The molecule has 1 unspecified atom stereocenters. The summed E-state index contributed by atoms with van der Waals surface area (Å²) in [5.74, 6) is 0.0830. The number of nitrogens with two attached hydrogens (primary N) is 1. The lowest BCUT2D eigenvalue weighted by Crippen LogP contribution is -2.13. The van der Waals surface area contributed by atoms with Crippen LogP contribution in [-0.4, -0.2) is 7.11 Å². The zero-order valence-electron chi connectivity index (χ0n) is 10.5. The van der Waals surface area contributed by atoms with Gasteiger partial charge in [-0.05, 0) is 39.2 Å². The van der Waals surface area contributed by atoms with Crippen LogP contribution < -0.4 is 10.5 Å². The van der Waals surface area contributed by atoms with Gasteiger partial charge in [-0.2, -0.15) is 0 Å². The van der Waals surface area contributed by atoms with Crippen molar-refractivity contribution in [2.75, 3.05) is 7.11 Å². The van der Waals surface area contributed by atoms with Gasteiger partial charge in [0, 0.05) is 11.1 Å². The third-order valence-corrected chi connectivity index (χ3v) is 4.38. The van der Waals surface area contributed by atoms with E-state index >= 15 is 0 Å². The minimum atomic E-state index is -0.601. The Labute approximate surface area is 134 Å². The first-order chi connectivity index (χ1) is 9.45. The Morgan fingerprint density at radius 2 is 1.90 bits per heavy atom. The Hall–Kier alpha value is -0.810. The molecule has 0 aliphatic rings. The van der Waals surface area contributed by atoms with Gasteiger partial charge in [0.2, 0.25) is 0 Å². The molecule has 2 aromatic rings. The van der Waals surface area contributed by atoms with Crippen molar-refractivity contribution >= 4 is 39.1 Å². The van der Waals surface area contributed by atoms with Gasteiger partial charge in [-0.15, -0.1) is 0 Å². The fraction of sp³-hybridized carbons (Fsp3) is 0.143. The predicted octanol–water partition coefficient (Wildman–Crippen LogP) is 4.95. The van der Waals surface area contributed by atoms with Crippen molar-refractivity contribution in [2.24, 2.45) is 5.73 Å². The smallest absolute Gasteiger partial charge is 0.138 e. The molecule has 2 N–H and O–H groups in total. The minimum Gasteiger partial charge on any atom is -0.495 e. The summed E-state index contributed by atoms with van der Waals surface area (Å²) in [6, 6.07) is 7.29. The largest absolute Gasteiger partial charge is 0.495 e. The van der Waals surface area contributed by atoms with Crippen molar-refractivity contribution in [1.29, 1.82) is 0 Å². The molecule has 0 saturated carbocycles. The van der Waals surface area contributed by atoms with Crippen LogP contribution in [0, 0.1) is 5.82 Å². The first-order valence-electron chi connectivity index (χ1n) is 5.68. The summed E-state index contributed by atoms with van der Waals surface area (Å²) in [5.41, 5.74) is 7.36. The van der Waals surface area contributed by atoms with Gasteiger partial charge in [0.05, 0.1) is 22.6 Å². The Morgan fingerprint density at radius 1 is 1.20 bits per heavy atom. The molecule has 2 rings (SSSR count). The Balaban J connectivity index is 2.51. The monoisotopic (exact) mass is 377 g/mol. The number of halogens is 4. The molecule has 0 amide bonds. The average molecular weight is 379 g/mol. The van der Waals surface area contributed by atoms with Gasteiger partial charge >= 0.3 is 0 Å². The second-order valence-electron chi connectivity index (χ2n) is 4.13. The van der Waals surface area contributed by atoms with E-state index in [0.717, 1.165) is 0 Å². The molecule has 0 aromatic heterocycles. The molecule has 1 atom stereocenters. The van der Waals surface area contributed by atoms with Crippen LogP contribution in [0.1, 0.15) is 17.2 Å². The highest BCUT2D eigenvalue weighted by molar-refractivity contribution is 9.10. The van der Waals surface area contributed by atoms with Crippen LogP contribution in [0.2, 0.25) is 10.0 Å². The van der Waals surface area contributed by atoms with Gasteiger partial charge in [0.1, 0.15) is 11.6 Å². The summed E-state index contributed by atoms with van der Waals surface area (Å²) < 4.78 is 19.0. The normalized spacial score (nSPS) is 12.3. The standard InChI is InChI=1S/C14H11BrCl2FNO/c1-20-12-6-9(16)8(5-10(12)17)14(19)7-3-2-4-11(18)13(7)15/h2-6,14H,19H2,1H3. The van der Waals surface area contributed by atoms with Gasteiger partial charge in [0.15, 0.2) is 0 Å². The summed E-state index contributed by atoms with van der Waals surface area (Å²) in [6.45, 7) is 0. The van der Waals surface area contributed by atoms with Crippen LogP contribution in [0.3, 0.4) is 0 Å². The average Bonchev–Trinajstić information content (AvgIpc) is 2.43. The molecular weight excluding hydrogens is 368 g/mol. The number of hydrogen-bond donors (Lipinski definition) is 1. The molecule has 0 spiro atoms. The van der Waals surface area contributed by atoms with Crippen molar-refractivity contribution in [3.8, 4) is 5.75 Å². The highest BCUT2D eigenvalue weighted by Gasteiger charge is 2.19. The molecule has 0 aliphatic carbocycles. The summed E-state index contributed by atoms with van der Waals surface area (Å²) in [7, 11) is 1.50. The third-order valence-electron chi connectivity index (χ3n) is 2.92. The number of rotatable bonds is 3. The maximum absolute atomic E-state index is 13.6. The van der Waals surface area contributed by atoms with E-state index in [0.29, 0.717) is 31.4 Å². The van der Waals surface area contributed by atoms with Crippen LogP contribution in [0.25, 0.3) is 0 Å². The van der Waals surface area contributed by atoms with E-state index in [1.807, 2.05) is 0 Å². The quantitative estimate of drug-likeness (QED) is 0.819. The van der Waals surface area contributed by atoms with Crippen molar-refractivity contribution < 1.29 is 9.13 Å². The molecule has 106 valence electrons. The molecule has 0 aliphatic heterocycles. The predicted molar refractivity (Wildman–Crippen MR) is 83.1 cm³/mol. The number of benzene rings is 2. The van der Waals surface area contributed by atoms with Crippen molar-refractivity contribution in [3.05, 3.63) is 61.8 Å². The first-order valence-corrected chi connectivity index (χ1v) is 7.23. The van der Waals surface area contributed by atoms with E-state index < -0.39 is 6.04 Å². The van der Waals surface area contributed by atoms with E-state index in [1.54, 1.807) is 24.3 Å². The molecule has 2 aromatic carbocycles. The molecule has 6 heteroatoms.